The van der Waals surface area contributed by atoms with Gasteiger partial charge in [0.15, 0.2) is 34.7 Å². The number of aliphatic hydroxyl groups is 1. The van der Waals surface area contributed by atoms with Crippen molar-refractivity contribution in [1.82, 2.24) is 9.80 Å². The average Bonchev–Trinajstić information content (AvgIpc) is 3.24. The number of carbonyl (C=O) groups is 5. The number of likely N-dealkylation sites (tertiary alicyclic amines) is 1. The maximum absolute atomic E-state index is 14.0. The van der Waals surface area contributed by atoms with Crippen LogP contribution in [0.2, 0.25) is 0 Å². The van der Waals surface area contributed by atoms with Crippen molar-refractivity contribution in [3.8, 4) is 5.75 Å². The number of hydrogen-bond acceptors (Lipinski definition) is 10. The molecule has 11 nitrogen and oxygen atoms in total. The van der Waals surface area contributed by atoms with Gasteiger partial charge in [0.05, 0.1) is 17.5 Å². The maximum Gasteiger partial charge on any atom is 0.235 e. The number of phenolic OH excluding ortho intramolecular Hbond substituents is 1. The van der Waals surface area contributed by atoms with Gasteiger partial charge in [-0.2, -0.15) is 0 Å². The van der Waals surface area contributed by atoms with Gasteiger partial charge in [0.25, 0.3) is 0 Å². The number of benzene rings is 1. The lowest BCUT2D eigenvalue weighted by atomic mass is 9.52. The Labute approximate surface area is 233 Å². The Hall–Kier alpha value is -3.15. The lowest BCUT2D eigenvalue weighted by Crippen LogP contribution is -2.74. The van der Waals surface area contributed by atoms with Gasteiger partial charge >= 0.3 is 0 Å². The number of anilines is 1. The van der Waals surface area contributed by atoms with E-state index in [1.807, 2.05) is 19.0 Å². The van der Waals surface area contributed by atoms with E-state index in [2.05, 4.69) is 11.8 Å². The number of aromatic hydroxyl groups is 1. The standard InChI is InChI=1S/C29H38N4O7/c1-13-7-6-8-33(13)12-15-11-18(34)20-16(22(15)31(2)3)9-14-10-17-23(32(4)5)25(36)21(28(30)39)27(38)29(17,40)26(37)19(14)24(20)35/h11,13-14,17,19,21,23,34,40H,6-10,12H2,1-5H3,(H2,30,39)/t13-,14+,17+,19?,21?,23+,29+/m1/s1. The molecule has 1 saturated heterocycles. The van der Waals surface area contributed by atoms with Crippen LogP contribution in [0.3, 0.4) is 0 Å². The molecular weight excluding hydrogens is 516 g/mol. The van der Waals surface area contributed by atoms with E-state index < -0.39 is 64.4 Å². The molecule has 4 aliphatic rings. The number of amides is 1. The monoisotopic (exact) mass is 554 g/mol. The van der Waals surface area contributed by atoms with Gasteiger partial charge in [-0.25, -0.2) is 0 Å². The Bertz CT molecular complexity index is 1320. The second-order valence-electron chi connectivity index (χ2n) is 12.4. The van der Waals surface area contributed by atoms with Gasteiger partial charge in [-0.05, 0) is 76.4 Å². The van der Waals surface area contributed by atoms with Crippen LogP contribution in [-0.2, 0) is 32.1 Å². The van der Waals surface area contributed by atoms with Gasteiger partial charge < -0.3 is 20.8 Å². The lowest BCUT2D eigenvalue weighted by molar-refractivity contribution is -0.181. The second-order valence-corrected chi connectivity index (χ2v) is 12.4. The summed E-state index contributed by atoms with van der Waals surface area (Å²) in [7, 11) is 6.88. The van der Waals surface area contributed by atoms with Crippen molar-refractivity contribution >= 4 is 34.7 Å². The number of carbonyl (C=O) groups excluding carboxylic acids is 5. The zero-order valence-electron chi connectivity index (χ0n) is 23.6. The van der Waals surface area contributed by atoms with Crippen molar-refractivity contribution in [2.45, 2.75) is 56.8 Å². The van der Waals surface area contributed by atoms with E-state index >= 15 is 0 Å². The Morgan fingerprint density at radius 3 is 2.38 bits per heavy atom. The summed E-state index contributed by atoms with van der Waals surface area (Å²) in [6.07, 6.45) is 2.45. The molecule has 5 rings (SSSR count). The fourth-order valence-corrected chi connectivity index (χ4v) is 7.85. The largest absolute Gasteiger partial charge is 0.507 e. The Morgan fingerprint density at radius 1 is 1.15 bits per heavy atom. The zero-order valence-corrected chi connectivity index (χ0v) is 23.6. The van der Waals surface area contributed by atoms with E-state index in [1.165, 1.54) is 4.90 Å². The molecule has 1 heterocycles. The normalized spacial score (nSPS) is 34.1. The lowest BCUT2D eigenvalue weighted by Gasteiger charge is -2.52. The molecule has 1 aliphatic heterocycles. The Kier molecular flexibility index (Phi) is 6.91. The number of fused-ring (bicyclic) bond motifs is 3. The van der Waals surface area contributed by atoms with Crippen LogP contribution >= 0.6 is 0 Å². The van der Waals surface area contributed by atoms with Crippen LogP contribution in [0.15, 0.2) is 6.07 Å². The number of likely N-dealkylation sites (N-methyl/N-ethyl adjacent to an activating group) is 1. The quantitative estimate of drug-likeness (QED) is 0.420. The highest BCUT2D eigenvalue weighted by Crippen LogP contribution is 2.52. The fourth-order valence-electron chi connectivity index (χ4n) is 7.85. The van der Waals surface area contributed by atoms with Crippen molar-refractivity contribution in [1.29, 1.82) is 0 Å². The second kappa shape index (κ2) is 9.74. The minimum absolute atomic E-state index is 0.0218. The summed E-state index contributed by atoms with van der Waals surface area (Å²) in [4.78, 5) is 72.5. The molecule has 0 spiro atoms. The number of nitrogens with two attached hydrogens (primary N) is 1. The van der Waals surface area contributed by atoms with Crippen molar-refractivity contribution in [2.75, 3.05) is 39.6 Å². The van der Waals surface area contributed by atoms with Crippen LogP contribution in [0, 0.1) is 23.7 Å². The molecule has 7 atom stereocenters. The summed E-state index contributed by atoms with van der Waals surface area (Å²) >= 11 is 0. The third-order valence-electron chi connectivity index (χ3n) is 9.62. The van der Waals surface area contributed by atoms with E-state index in [9.17, 15) is 34.2 Å². The molecule has 1 amide bonds. The van der Waals surface area contributed by atoms with E-state index in [4.69, 9.17) is 5.73 Å². The van der Waals surface area contributed by atoms with Crippen molar-refractivity contribution < 1.29 is 34.2 Å². The molecule has 216 valence electrons. The number of primary amides is 1. The minimum Gasteiger partial charge on any atom is -0.507 e. The van der Waals surface area contributed by atoms with Gasteiger partial charge in [-0.1, -0.05) is 0 Å². The van der Waals surface area contributed by atoms with Gasteiger partial charge in [-0.15, -0.1) is 0 Å². The highest BCUT2D eigenvalue weighted by molar-refractivity contribution is 6.32. The molecule has 0 bridgehead atoms. The predicted molar refractivity (Wildman–Crippen MR) is 145 cm³/mol. The van der Waals surface area contributed by atoms with Crippen LogP contribution in [0.25, 0.3) is 0 Å². The first-order valence-corrected chi connectivity index (χ1v) is 13.9. The van der Waals surface area contributed by atoms with Gasteiger partial charge in [0, 0.05) is 38.3 Å². The van der Waals surface area contributed by atoms with Crippen LogP contribution in [0.1, 0.15) is 47.7 Å². The van der Waals surface area contributed by atoms with Crippen LogP contribution < -0.4 is 10.6 Å². The summed E-state index contributed by atoms with van der Waals surface area (Å²) in [6, 6.07) is 0.852. The smallest absolute Gasteiger partial charge is 0.235 e. The Morgan fingerprint density at radius 2 is 1.82 bits per heavy atom. The highest BCUT2D eigenvalue weighted by atomic mass is 16.3. The number of hydrogen-bond donors (Lipinski definition) is 3. The van der Waals surface area contributed by atoms with E-state index in [-0.39, 0.29) is 24.2 Å². The van der Waals surface area contributed by atoms with Crippen molar-refractivity contribution in [3.05, 3.63) is 22.8 Å². The highest BCUT2D eigenvalue weighted by Gasteiger charge is 2.69. The summed E-state index contributed by atoms with van der Waals surface area (Å²) in [5, 5.41) is 22.8. The summed E-state index contributed by atoms with van der Waals surface area (Å²) in [5.74, 6) is -10.3. The van der Waals surface area contributed by atoms with Crippen LogP contribution in [-0.4, -0.2) is 101 Å². The summed E-state index contributed by atoms with van der Waals surface area (Å²) in [5.41, 5.74) is 4.98. The molecule has 40 heavy (non-hydrogen) atoms. The topological polar surface area (TPSA) is 162 Å². The molecule has 1 aromatic rings. The Balaban J connectivity index is 1.62. The molecule has 3 fully saturated rings. The number of rotatable bonds is 5. The predicted octanol–water partition coefficient (Wildman–Crippen LogP) is -0.0827. The maximum atomic E-state index is 14.0. The third kappa shape index (κ3) is 3.93. The van der Waals surface area contributed by atoms with E-state index in [1.54, 1.807) is 20.2 Å². The molecule has 11 heteroatoms. The van der Waals surface area contributed by atoms with Crippen LogP contribution in [0.5, 0.6) is 5.75 Å². The number of nitrogens with zero attached hydrogens (tertiary/aromatic N) is 3. The minimum atomic E-state index is -2.72. The van der Waals surface area contributed by atoms with Gasteiger partial charge in [0.1, 0.15) is 5.75 Å². The van der Waals surface area contributed by atoms with E-state index in [0.29, 0.717) is 18.2 Å². The van der Waals surface area contributed by atoms with Gasteiger partial charge in [0.2, 0.25) is 5.91 Å². The first-order valence-electron chi connectivity index (χ1n) is 13.9. The molecule has 2 unspecified atom stereocenters. The summed E-state index contributed by atoms with van der Waals surface area (Å²) in [6.45, 7) is 3.70. The third-order valence-corrected chi connectivity index (χ3v) is 9.62. The van der Waals surface area contributed by atoms with Gasteiger partial charge in [-0.3, -0.25) is 33.8 Å². The van der Waals surface area contributed by atoms with Crippen LogP contribution in [0.4, 0.5) is 5.69 Å². The van der Waals surface area contributed by atoms with Crippen molar-refractivity contribution in [2.24, 2.45) is 29.4 Å². The summed E-state index contributed by atoms with van der Waals surface area (Å²) < 4.78 is 0. The molecule has 0 radical (unpaired) electrons. The molecule has 0 aromatic heterocycles. The zero-order chi connectivity index (χ0) is 29.4. The molecule has 1 aromatic carbocycles. The SMILES string of the molecule is C[C@@H]1CCCN1Cc1cc(O)c2c(c1N(C)C)C[C@H]1C[C@H]3[C@H](N(C)C)C(=O)C(C(N)=O)C(=O)[C@@]3(O)C(=O)C1C2=O. The fraction of sp³-hybridized carbons (Fsp3) is 0.621. The first-order chi connectivity index (χ1) is 18.7. The molecule has 3 aliphatic carbocycles. The molecule has 4 N–H and O–H groups in total. The van der Waals surface area contributed by atoms with E-state index in [0.717, 1.165) is 30.6 Å². The number of Topliss-reactive ketones (excluding diaryl/α,β-unsaturated/α-hetero) is 4. The molecular formula is C29H38N4O7. The van der Waals surface area contributed by atoms with Crippen molar-refractivity contribution in [3.63, 3.8) is 0 Å². The average molecular weight is 555 g/mol. The number of phenols is 1. The number of ketones is 4. The first kappa shape index (κ1) is 28.4. The molecule has 2 saturated carbocycles.